The number of rotatable bonds is 6. The van der Waals surface area contributed by atoms with Crippen molar-refractivity contribution in [3.8, 4) is 5.75 Å². The number of alkyl halides is 1. The van der Waals surface area contributed by atoms with Crippen LogP contribution in [0.15, 0.2) is 41.9 Å². The Morgan fingerprint density at radius 3 is 3.07 bits per heavy atom. The number of hydrogen-bond donors (Lipinski definition) is 2. The lowest BCUT2D eigenvalue weighted by Gasteiger charge is -2.28. The van der Waals surface area contributed by atoms with Crippen LogP contribution in [0.5, 0.6) is 5.75 Å². The number of nitrogens with zero attached hydrogens (tertiary/aromatic N) is 3. The summed E-state index contributed by atoms with van der Waals surface area (Å²) in [6.07, 6.45) is 2.78. The van der Waals surface area contributed by atoms with Gasteiger partial charge in [0.2, 0.25) is 11.9 Å². The van der Waals surface area contributed by atoms with Crippen LogP contribution < -0.4 is 20.3 Å². The summed E-state index contributed by atoms with van der Waals surface area (Å²) in [7, 11) is 1.57. The maximum absolute atomic E-state index is 11.5. The Bertz CT molecular complexity index is 1030. The van der Waals surface area contributed by atoms with E-state index in [0.29, 0.717) is 23.1 Å². The van der Waals surface area contributed by atoms with Crippen molar-refractivity contribution in [1.82, 2.24) is 9.97 Å². The van der Waals surface area contributed by atoms with Gasteiger partial charge in [-0.3, -0.25) is 4.79 Å². The Labute approximate surface area is 177 Å². The molecule has 9 heteroatoms. The summed E-state index contributed by atoms with van der Waals surface area (Å²) < 4.78 is 5.44. The van der Waals surface area contributed by atoms with Crippen LogP contribution in [0.2, 0.25) is 0 Å². The Morgan fingerprint density at radius 1 is 1.34 bits per heavy atom. The summed E-state index contributed by atoms with van der Waals surface area (Å²) in [5.74, 6) is 1.54. The van der Waals surface area contributed by atoms with Gasteiger partial charge >= 0.3 is 0 Å². The fraction of sp³-hybridized carbons (Fsp3) is 0.250. The largest absolute Gasteiger partial charge is 0.494 e. The first-order valence-electron chi connectivity index (χ1n) is 9.10. The second-order valence-corrected chi connectivity index (χ2v) is 7.77. The third-order valence-electron chi connectivity index (χ3n) is 4.63. The molecule has 1 aliphatic heterocycles. The molecule has 1 aliphatic rings. The highest BCUT2D eigenvalue weighted by Gasteiger charge is 2.19. The van der Waals surface area contributed by atoms with Gasteiger partial charge in [-0.1, -0.05) is 0 Å². The van der Waals surface area contributed by atoms with Crippen LogP contribution in [-0.2, 0) is 17.8 Å². The molecule has 0 radical (unpaired) electrons. The Hall–Kier alpha value is -2.84. The number of carbonyl (C=O) groups is 1. The van der Waals surface area contributed by atoms with E-state index < -0.39 is 0 Å². The molecule has 4 rings (SSSR count). The molecule has 3 aromatic rings. The Balaban J connectivity index is 1.51. The van der Waals surface area contributed by atoms with Crippen molar-refractivity contribution in [3.63, 3.8) is 0 Å². The van der Waals surface area contributed by atoms with Gasteiger partial charge in [0.05, 0.1) is 12.8 Å². The van der Waals surface area contributed by atoms with E-state index in [1.807, 2.05) is 17.4 Å². The molecule has 0 unspecified atom stereocenters. The highest BCUT2D eigenvalue weighted by Crippen LogP contribution is 2.31. The van der Waals surface area contributed by atoms with Gasteiger partial charge in [0.1, 0.15) is 17.4 Å². The molecule has 2 N–H and O–H groups in total. The number of carbonyl (C=O) groups excluding carboxylic acids is 1. The van der Waals surface area contributed by atoms with Crippen molar-refractivity contribution in [2.45, 2.75) is 13.0 Å². The molecule has 0 spiro atoms. The van der Waals surface area contributed by atoms with Crippen molar-refractivity contribution in [2.24, 2.45) is 0 Å². The fourth-order valence-electron chi connectivity index (χ4n) is 3.22. The molecular weight excluding hydrogens is 410 g/mol. The number of benzene rings is 1. The molecule has 0 saturated heterocycles. The number of ether oxygens (including phenoxy) is 1. The third-order valence-corrected chi connectivity index (χ3v) is 5.89. The van der Waals surface area contributed by atoms with Gasteiger partial charge in [0.25, 0.3) is 0 Å². The molecule has 7 nitrogen and oxygen atoms in total. The minimum Gasteiger partial charge on any atom is -0.494 e. The lowest BCUT2D eigenvalue weighted by atomic mass is 10.1. The van der Waals surface area contributed by atoms with Crippen LogP contribution in [0.3, 0.4) is 0 Å². The highest BCUT2D eigenvalue weighted by molar-refractivity contribution is 7.10. The maximum atomic E-state index is 11.5. The normalized spacial score (nSPS) is 13.0. The Kier molecular flexibility index (Phi) is 5.82. The fourth-order valence-corrected chi connectivity index (χ4v) is 4.17. The van der Waals surface area contributed by atoms with Crippen LogP contribution >= 0.6 is 22.9 Å². The SMILES string of the molecule is COc1cc(NC(=O)CCl)ccc1Nc1nccc(N2CCc3sccc3C2)n1. The number of anilines is 4. The molecule has 29 heavy (non-hydrogen) atoms. The van der Waals surface area contributed by atoms with E-state index >= 15 is 0 Å². The van der Waals surface area contributed by atoms with Gasteiger partial charge in [0, 0.05) is 35.9 Å². The summed E-state index contributed by atoms with van der Waals surface area (Å²) in [5.41, 5.74) is 2.67. The molecule has 1 amide bonds. The summed E-state index contributed by atoms with van der Waals surface area (Å²) >= 11 is 7.36. The van der Waals surface area contributed by atoms with Gasteiger partial charge in [-0.15, -0.1) is 22.9 Å². The van der Waals surface area contributed by atoms with Crippen LogP contribution in [-0.4, -0.2) is 35.4 Å². The van der Waals surface area contributed by atoms with E-state index in [4.69, 9.17) is 16.3 Å². The van der Waals surface area contributed by atoms with Crippen molar-refractivity contribution >= 4 is 52.0 Å². The van der Waals surface area contributed by atoms with Gasteiger partial charge in [0.15, 0.2) is 0 Å². The van der Waals surface area contributed by atoms with Gasteiger partial charge < -0.3 is 20.3 Å². The second-order valence-electron chi connectivity index (χ2n) is 6.50. The molecule has 3 heterocycles. The molecule has 150 valence electrons. The van der Waals surface area contributed by atoms with E-state index in [1.54, 1.807) is 31.5 Å². The number of hydrogen-bond acceptors (Lipinski definition) is 7. The quantitative estimate of drug-likeness (QED) is 0.576. The smallest absolute Gasteiger partial charge is 0.239 e. The molecule has 0 saturated carbocycles. The number of fused-ring (bicyclic) bond motifs is 1. The van der Waals surface area contributed by atoms with Gasteiger partial charge in [-0.05, 0) is 41.6 Å². The van der Waals surface area contributed by atoms with E-state index in [9.17, 15) is 4.79 Å². The predicted molar refractivity (Wildman–Crippen MR) is 117 cm³/mol. The first-order chi connectivity index (χ1) is 14.2. The third kappa shape index (κ3) is 4.44. The molecule has 0 aliphatic carbocycles. The van der Waals surface area contributed by atoms with Crippen LogP contribution in [0.25, 0.3) is 0 Å². The number of amides is 1. The monoisotopic (exact) mass is 429 g/mol. The van der Waals surface area contributed by atoms with Crippen LogP contribution in [0.1, 0.15) is 10.4 Å². The van der Waals surface area contributed by atoms with E-state index in [2.05, 4.69) is 36.9 Å². The summed E-state index contributed by atoms with van der Waals surface area (Å²) in [6, 6.07) is 9.39. The van der Waals surface area contributed by atoms with Crippen molar-refractivity contribution in [2.75, 3.05) is 35.1 Å². The molecule has 0 atom stereocenters. The highest BCUT2D eigenvalue weighted by atomic mass is 35.5. The molecule has 0 fully saturated rings. The average Bonchev–Trinajstić information content (AvgIpc) is 3.22. The van der Waals surface area contributed by atoms with E-state index in [1.165, 1.54) is 10.4 Å². The first-order valence-corrected chi connectivity index (χ1v) is 10.5. The number of thiophene rings is 1. The first kappa shape index (κ1) is 19.5. The summed E-state index contributed by atoms with van der Waals surface area (Å²) in [6.45, 7) is 1.79. The topological polar surface area (TPSA) is 79.4 Å². The van der Waals surface area contributed by atoms with Gasteiger partial charge in [-0.2, -0.15) is 4.98 Å². The van der Waals surface area contributed by atoms with Crippen LogP contribution in [0, 0.1) is 0 Å². The van der Waals surface area contributed by atoms with Crippen molar-refractivity contribution in [3.05, 3.63) is 52.3 Å². The van der Waals surface area contributed by atoms with Gasteiger partial charge in [-0.25, -0.2) is 4.98 Å². The average molecular weight is 430 g/mol. The molecule has 0 bridgehead atoms. The lowest BCUT2D eigenvalue weighted by Crippen LogP contribution is -2.30. The number of halogens is 1. The second kappa shape index (κ2) is 8.67. The standard InChI is InChI=1S/C20H20ClN5O2S/c1-28-16-10-14(23-19(27)11-21)2-3-15(16)24-20-22-7-4-18(25-20)26-8-5-17-13(12-26)6-9-29-17/h2-4,6-7,9-10H,5,8,11-12H2,1H3,(H,23,27)(H,22,24,25). The van der Waals surface area contributed by atoms with Crippen molar-refractivity contribution in [1.29, 1.82) is 0 Å². The van der Waals surface area contributed by atoms with Crippen LogP contribution in [0.4, 0.5) is 23.1 Å². The minimum atomic E-state index is -0.277. The number of aromatic nitrogens is 2. The molecular formula is C20H20ClN5O2S. The molecule has 1 aromatic carbocycles. The lowest BCUT2D eigenvalue weighted by molar-refractivity contribution is -0.113. The van der Waals surface area contributed by atoms with Crippen molar-refractivity contribution < 1.29 is 9.53 Å². The number of methoxy groups -OCH3 is 1. The summed E-state index contributed by atoms with van der Waals surface area (Å²) in [5, 5.41) is 8.05. The predicted octanol–water partition coefficient (Wildman–Crippen LogP) is 4.03. The zero-order chi connectivity index (χ0) is 20.2. The summed E-state index contributed by atoms with van der Waals surface area (Å²) in [4.78, 5) is 24.2. The zero-order valence-electron chi connectivity index (χ0n) is 15.8. The zero-order valence-corrected chi connectivity index (χ0v) is 17.4. The van der Waals surface area contributed by atoms with E-state index in [-0.39, 0.29) is 11.8 Å². The number of nitrogens with one attached hydrogen (secondary N) is 2. The molecule has 2 aromatic heterocycles. The minimum absolute atomic E-state index is 0.105. The maximum Gasteiger partial charge on any atom is 0.239 e. The Morgan fingerprint density at radius 2 is 2.24 bits per heavy atom. The van der Waals surface area contributed by atoms with E-state index in [0.717, 1.165) is 25.3 Å².